The van der Waals surface area contributed by atoms with Gasteiger partial charge in [0, 0.05) is 25.6 Å². The Bertz CT molecular complexity index is 639. The van der Waals surface area contributed by atoms with E-state index in [1.807, 2.05) is 38.1 Å². The molecule has 128 valence electrons. The summed E-state index contributed by atoms with van der Waals surface area (Å²) in [6.07, 6.45) is 0.662. The summed E-state index contributed by atoms with van der Waals surface area (Å²) in [7, 11) is -3.48. The maximum atomic E-state index is 12.5. The van der Waals surface area contributed by atoms with Crippen molar-refractivity contribution in [3.8, 4) is 5.75 Å². The number of hydrogen-bond acceptors (Lipinski definition) is 4. The lowest BCUT2D eigenvalue weighted by Crippen LogP contribution is -2.52. The second-order valence-electron chi connectivity index (χ2n) is 6.42. The zero-order chi connectivity index (χ0) is 16.4. The van der Waals surface area contributed by atoms with Crippen LogP contribution in [-0.2, 0) is 21.4 Å². The molecule has 0 radical (unpaired) electrons. The topological polar surface area (TPSA) is 67.9 Å². The minimum atomic E-state index is -3.48. The summed E-state index contributed by atoms with van der Waals surface area (Å²) < 4.78 is 40.5. The Morgan fingerprint density at radius 2 is 1.91 bits per heavy atom. The van der Waals surface area contributed by atoms with Gasteiger partial charge in [0.15, 0.2) is 0 Å². The molecular formula is C16H24N2O4S. The summed E-state index contributed by atoms with van der Waals surface area (Å²) in [5, 5.41) is 0. The van der Waals surface area contributed by atoms with Gasteiger partial charge in [-0.3, -0.25) is 0 Å². The molecule has 3 rings (SSSR count). The Labute approximate surface area is 138 Å². The normalized spacial score (nSPS) is 28.9. The van der Waals surface area contributed by atoms with Crippen molar-refractivity contribution >= 4 is 10.2 Å². The van der Waals surface area contributed by atoms with Crippen molar-refractivity contribution in [2.45, 2.75) is 32.5 Å². The smallest absolute Gasteiger partial charge is 0.279 e. The first-order valence-electron chi connectivity index (χ1n) is 8.05. The van der Waals surface area contributed by atoms with Crippen LogP contribution in [0.25, 0.3) is 0 Å². The number of ether oxygens (including phenoxy) is 2. The number of para-hydroxylation sites is 1. The second-order valence-corrected chi connectivity index (χ2v) is 8.17. The van der Waals surface area contributed by atoms with Crippen molar-refractivity contribution in [2.24, 2.45) is 5.92 Å². The fourth-order valence-corrected chi connectivity index (χ4v) is 4.60. The molecular weight excluding hydrogens is 316 g/mol. The van der Waals surface area contributed by atoms with E-state index in [4.69, 9.17) is 9.47 Å². The molecule has 2 aliphatic heterocycles. The van der Waals surface area contributed by atoms with Gasteiger partial charge in [-0.05, 0) is 31.9 Å². The van der Waals surface area contributed by atoms with E-state index in [1.54, 1.807) is 0 Å². The molecule has 2 heterocycles. The maximum Gasteiger partial charge on any atom is 0.279 e. The van der Waals surface area contributed by atoms with Crippen molar-refractivity contribution in [3.05, 3.63) is 29.8 Å². The Balaban J connectivity index is 1.58. The number of rotatable bonds is 4. The first kappa shape index (κ1) is 16.7. The van der Waals surface area contributed by atoms with E-state index in [-0.39, 0.29) is 18.1 Å². The van der Waals surface area contributed by atoms with Gasteiger partial charge < -0.3 is 9.47 Å². The van der Waals surface area contributed by atoms with Crippen molar-refractivity contribution < 1.29 is 17.9 Å². The third-order valence-electron chi connectivity index (χ3n) is 4.24. The minimum absolute atomic E-state index is 0.0831. The fraction of sp³-hybridized carbons (Fsp3) is 0.625. The van der Waals surface area contributed by atoms with Gasteiger partial charge >= 0.3 is 0 Å². The van der Waals surface area contributed by atoms with Gasteiger partial charge in [-0.2, -0.15) is 12.7 Å². The molecule has 1 fully saturated rings. The van der Waals surface area contributed by atoms with Crippen LogP contribution in [0.5, 0.6) is 5.75 Å². The van der Waals surface area contributed by atoms with Gasteiger partial charge in [0.2, 0.25) is 0 Å². The summed E-state index contributed by atoms with van der Waals surface area (Å²) in [6, 6.07) is 7.90. The molecule has 1 aromatic rings. The SMILES string of the molecule is CC1CN(S(=O)(=O)NCC2COc3ccccc3C2)CC(C)O1. The molecule has 1 N–H and O–H groups in total. The molecule has 0 aromatic heterocycles. The van der Waals surface area contributed by atoms with Crippen LogP contribution in [0.4, 0.5) is 0 Å². The van der Waals surface area contributed by atoms with E-state index < -0.39 is 10.2 Å². The lowest BCUT2D eigenvalue weighted by Gasteiger charge is -2.34. The largest absolute Gasteiger partial charge is 0.493 e. The molecule has 0 aliphatic carbocycles. The summed E-state index contributed by atoms with van der Waals surface area (Å²) in [5.74, 6) is 1.05. The first-order chi connectivity index (χ1) is 10.9. The van der Waals surface area contributed by atoms with Crippen molar-refractivity contribution in [1.82, 2.24) is 9.03 Å². The molecule has 2 aliphatic rings. The van der Waals surface area contributed by atoms with Gasteiger partial charge in [-0.15, -0.1) is 0 Å². The Morgan fingerprint density at radius 1 is 1.22 bits per heavy atom. The number of hydrogen-bond donors (Lipinski definition) is 1. The third-order valence-corrected chi connectivity index (χ3v) is 5.75. The summed E-state index contributed by atoms with van der Waals surface area (Å²) in [5.41, 5.74) is 1.14. The lowest BCUT2D eigenvalue weighted by molar-refractivity contribution is -0.0444. The second kappa shape index (κ2) is 6.76. The minimum Gasteiger partial charge on any atom is -0.493 e. The number of morpholine rings is 1. The average molecular weight is 340 g/mol. The molecule has 7 heteroatoms. The van der Waals surface area contributed by atoms with Crippen LogP contribution >= 0.6 is 0 Å². The van der Waals surface area contributed by atoms with E-state index in [1.165, 1.54) is 4.31 Å². The van der Waals surface area contributed by atoms with Gasteiger partial charge in [0.25, 0.3) is 10.2 Å². The third kappa shape index (κ3) is 4.03. The molecule has 3 atom stereocenters. The summed E-state index contributed by atoms with van der Waals surface area (Å²) in [6.45, 7) is 5.49. The molecule has 1 aromatic carbocycles. The molecule has 23 heavy (non-hydrogen) atoms. The van der Waals surface area contributed by atoms with Crippen molar-refractivity contribution in [2.75, 3.05) is 26.2 Å². The monoisotopic (exact) mass is 340 g/mol. The zero-order valence-corrected chi connectivity index (χ0v) is 14.4. The van der Waals surface area contributed by atoms with Gasteiger partial charge in [0.05, 0.1) is 18.8 Å². The Hall–Kier alpha value is -1.15. The number of benzene rings is 1. The van der Waals surface area contributed by atoms with Crippen LogP contribution in [0, 0.1) is 5.92 Å². The van der Waals surface area contributed by atoms with Crippen LogP contribution in [0.2, 0.25) is 0 Å². The zero-order valence-electron chi connectivity index (χ0n) is 13.6. The summed E-state index contributed by atoms with van der Waals surface area (Å²) >= 11 is 0. The Kier molecular flexibility index (Phi) is 4.91. The van der Waals surface area contributed by atoms with Gasteiger partial charge in [-0.1, -0.05) is 18.2 Å². The highest BCUT2D eigenvalue weighted by Gasteiger charge is 2.31. The number of fused-ring (bicyclic) bond motifs is 1. The quantitative estimate of drug-likeness (QED) is 0.894. The van der Waals surface area contributed by atoms with Crippen LogP contribution in [0.15, 0.2) is 24.3 Å². The molecule has 0 spiro atoms. The van der Waals surface area contributed by atoms with Crippen LogP contribution in [-0.4, -0.2) is 51.2 Å². The van der Waals surface area contributed by atoms with Crippen molar-refractivity contribution in [3.63, 3.8) is 0 Å². The standard InChI is InChI=1S/C16H24N2O4S/c1-12-9-18(10-13(2)22-12)23(19,20)17-8-14-7-15-5-3-4-6-16(15)21-11-14/h3-6,12-14,17H,7-11H2,1-2H3. The molecule has 0 saturated carbocycles. The van der Waals surface area contributed by atoms with Crippen molar-refractivity contribution in [1.29, 1.82) is 0 Å². The highest BCUT2D eigenvalue weighted by atomic mass is 32.2. The lowest BCUT2D eigenvalue weighted by atomic mass is 9.97. The molecule has 6 nitrogen and oxygen atoms in total. The fourth-order valence-electron chi connectivity index (χ4n) is 3.16. The van der Waals surface area contributed by atoms with Crippen LogP contribution in [0.1, 0.15) is 19.4 Å². The first-order valence-corrected chi connectivity index (χ1v) is 9.49. The van der Waals surface area contributed by atoms with Gasteiger partial charge in [-0.25, -0.2) is 4.72 Å². The molecule has 1 saturated heterocycles. The van der Waals surface area contributed by atoms with Crippen LogP contribution in [0.3, 0.4) is 0 Å². The molecule has 3 unspecified atom stereocenters. The van der Waals surface area contributed by atoms with E-state index in [0.717, 1.165) is 17.7 Å². The average Bonchev–Trinajstić information content (AvgIpc) is 2.52. The van der Waals surface area contributed by atoms with Crippen LogP contribution < -0.4 is 9.46 Å². The molecule has 0 amide bonds. The predicted molar refractivity (Wildman–Crippen MR) is 87.6 cm³/mol. The van der Waals surface area contributed by atoms with E-state index in [9.17, 15) is 8.42 Å². The van der Waals surface area contributed by atoms with Gasteiger partial charge in [0.1, 0.15) is 5.75 Å². The van der Waals surface area contributed by atoms with E-state index in [0.29, 0.717) is 26.2 Å². The maximum absolute atomic E-state index is 12.5. The van der Waals surface area contributed by atoms with E-state index >= 15 is 0 Å². The number of nitrogens with one attached hydrogen (secondary N) is 1. The predicted octanol–water partition coefficient (Wildman–Crippen LogP) is 1.18. The van der Waals surface area contributed by atoms with E-state index in [2.05, 4.69) is 4.72 Å². The summed E-state index contributed by atoms with van der Waals surface area (Å²) in [4.78, 5) is 0. The Morgan fingerprint density at radius 3 is 2.65 bits per heavy atom. The highest BCUT2D eigenvalue weighted by Crippen LogP contribution is 2.26. The highest BCUT2D eigenvalue weighted by molar-refractivity contribution is 7.87. The number of nitrogens with zero attached hydrogens (tertiary/aromatic N) is 1. The molecule has 0 bridgehead atoms.